The molecule has 0 aliphatic carbocycles. The number of ketones is 1. The number of carbonyl (C=O) groups excluding carboxylic acids is 3. The Balaban J connectivity index is 2.02. The van der Waals surface area contributed by atoms with Crippen molar-refractivity contribution in [2.24, 2.45) is 0 Å². The fourth-order valence-corrected chi connectivity index (χ4v) is 5.33. The normalized spacial score (nSPS) is 16.5. The molecule has 2 aromatic carbocycles. The molecule has 38 heavy (non-hydrogen) atoms. The minimum atomic E-state index is -1.14. The van der Waals surface area contributed by atoms with Crippen LogP contribution in [0, 0.1) is 13.8 Å². The number of aromatic nitrogens is 1. The first-order valence-electron chi connectivity index (χ1n) is 11.4. The molecule has 1 aliphatic heterocycles. The predicted molar refractivity (Wildman–Crippen MR) is 140 cm³/mol. The second-order valence-electron chi connectivity index (χ2n) is 8.36. The highest BCUT2D eigenvalue weighted by atomic mass is 32.1. The van der Waals surface area contributed by atoms with Crippen LogP contribution in [0.5, 0.6) is 17.2 Å². The van der Waals surface area contributed by atoms with Gasteiger partial charge in [0.2, 0.25) is 0 Å². The van der Waals surface area contributed by atoms with Crippen LogP contribution in [0.3, 0.4) is 0 Å². The molecule has 2 heterocycles. The van der Waals surface area contributed by atoms with Crippen LogP contribution < -0.4 is 19.1 Å². The third-order valence-corrected chi connectivity index (χ3v) is 7.36. The second-order valence-corrected chi connectivity index (χ2v) is 9.34. The Morgan fingerprint density at radius 3 is 2.24 bits per heavy atom. The summed E-state index contributed by atoms with van der Waals surface area (Å²) in [5.74, 6) is -1.47. The molecule has 4 rings (SSSR count). The van der Waals surface area contributed by atoms with Crippen molar-refractivity contribution in [3.05, 3.63) is 69.2 Å². The van der Waals surface area contributed by atoms with Crippen molar-refractivity contribution in [2.45, 2.75) is 19.9 Å². The number of methoxy groups -OCH3 is 4. The van der Waals surface area contributed by atoms with Crippen molar-refractivity contribution >= 4 is 39.9 Å². The fourth-order valence-electron chi connectivity index (χ4n) is 4.32. The van der Waals surface area contributed by atoms with E-state index in [0.717, 1.165) is 16.2 Å². The lowest BCUT2D eigenvalue weighted by molar-refractivity contribution is -0.132. The summed E-state index contributed by atoms with van der Waals surface area (Å²) >= 11 is 0.909. The van der Waals surface area contributed by atoms with Gasteiger partial charge in [-0.1, -0.05) is 11.3 Å². The maximum atomic E-state index is 13.5. The van der Waals surface area contributed by atoms with Gasteiger partial charge in [-0.2, -0.15) is 0 Å². The molecule has 0 spiro atoms. The summed E-state index contributed by atoms with van der Waals surface area (Å²) in [6.45, 7) is 3.35. The summed E-state index contributed by atoms with van der Waals surface area (Å²) < 4.78 is 21.0. The molecule has 11 heteroatoms. The molecule has 0 unspecified atom stereocenters. The summed E-state index contributed by atoms with van der Waals surface area (Å²) in [5.41, 5.74) is 1.53. The number of nitrogens with zero attached hydrogens (tertiary/aromatic N) is 2. The zero-order valence-electron chi connectivity index (χ0n) is 21.6. The van der Waals surface area contributed by atoms with Gasteiger partial charge in [-0.05, 0) is 55.8 Å². The largest absolute Gasteiger partial charge is 0.507 e. The third-order valence-electron chi connectivity index (χ3n) is 6.23. The summed E-state index contributed by atoms with van der Waals surface area (Å²) in [6.07, 6.45) is 0. The van der Waals surface area contributed by atoms with Gasteiger partial charge in [0.1, 0.15) is 33.9 Å². The van der Waals surface area contributed by atoms with Gasteiger partial charge < -0.3 is 24.1 Å². The molecule has 1 amide bonds. The van der Waals surface area contributed by atoms with Crippen LogP contribution in [-0.2, 0) is 14.3 Å². The lowest BCUT2D eigenvalue weighted by Gasteiger charge is -2.25. The van der Waals surface area contributed by atoms with Crippen LogP contribution >= 0.6 is 11.3 Å². The van der Waals surface area contributed by atoms with Crippen LogP contribution in [0.1, 0.15) is 38.1 Å². The van der Waals surface area contributed by atoms with E-state index in [1.54, 1.807) is 50.2 Å². The van der Waals surface area contributed by atoms with Gasteiger partial charge in [0.25, 0.3) is 5.78 Å². The number of hydrogen-bond donors (Lipinski definition) is 1. The van der Waals surface area contributed by atoms with Crippen molar-refractivity contribution < 1.29 is 38.4 Å². The number of aliphatic hydroxyl groups is 1. The van der Waals surface area contributed by atoms with Gasteiger partial charge >= 0.3 is 11.9 Å². The lowest BCUT2D eigenvalue weighted by atomic mass is 9.93. The van der Waals surface area contributed by atoms with Gasteiger partial charge in [0, 0.05) is 11.1 Å². The highest BCUT2D eigenvalue weighted by molar-refractivity contribution is 7.17. The van der Waals surface area contributed by atoms with E-state index in [4.69, 9.17) is 18.9 Å². The minimum absolute atomic E-state index is 0.0883. The molecular weight excluding hydrogens is 512 g/mol. The average Bonchev–Trinajstić information content (AvgIpc) is 3.43. The first kappa shape index (κ1) is 26.7. The molecule has 1 aromatic heterocycles. The van der Waals surface area contributed by atoms with Gasteiger partial charge in [0.05, 0.1) is 39.7 Å². The van der Waals surface area contributed by atoms with Crippen molar-refractivity contribution in [3.63, 3.8) is 0 Å². The zero-order chi connectivity index (χ0) is 27.7. The van der Waals surface area contributed by atoms with Crippen LogP contribution in [-0.4, -0.2) is 56.2 Å². The molecule has 1 aliphatic rings. The Labute approximate surface area is 223 Å². The highest BCUT2D eigenvalue weighted by Crippen LogP contribution is 2.47. The SMILES string of the molecule is COC(=O)c1sc(N2C(=O)C(=O)/C(=C(/O)c3ccc(OC)cc3C)[C@@H]2c2cc(OC)ccc2OC)nc1C. The van der Waals surface area contributed by atoms with Gasteiger partial charge in [-0.15, -0.1) is 0 Å². The molecule has 3 aromatic rings. The van der Waals surface area contributed by atoms with E-state index in [1.807, 2.05) is 0 Å². The quantitative estimate of drug-likeness (QED) is 0.204. The van der Waals surface area contributed by atoms with Crippen molar-refractivity contribution in [1.82, 2.24) is 4.98 Å². The molecule has 0 bridgehead atoms. The van der Waals surface area contributed by atoms with E-state index >= 15 is 0 Å². The van der Waals surface area contributed by atoms with E-state index in [0.29, 0.717) is 39.6 Å². The van der Waals surface area contributed by atoms with Crippen molar-refractivity contribution in [3.8, 4) is 17.2 Å². The number of esters is 1. The van der Waals surface area contributed by atoms with Gasteiger partial charge in [-0.25, -0.2) is 9.78 Å². The number of rotatable bonds is 7. The highest BCUT2D eigenvalue weighted by Gasteiger charge is 2.49. The number of aryl methyl sites for hydroxylation is 2. The molecule has 0 radical (unpaired) electrons. The van der Waals surface area contributed by atoms with Crippen LogP contribution in [0.4, 0.5) is 5.13 Å². The van der Waals surface area contributed by atoms with Crippen molar-refractivity contribution in [1.29, 1.82) is 0 Å². The predicted octanol–water partition coefficient (Wildman–Crippen LogP) is 4.20. The molecule has 1 N–H and O–H groups in total. The standard InChI is InChI=1S/C27H26N2O8S/c1-13-11-15(34-3)7-9-17(13)22(30)20-21(18-12-16(35-4)8-10-19(18)36-5)29(25(32)23(20)31)27-28-14(2)24(38-27)26(33)37-6/h7-12,21,30H,1-6H3/b22-20+/t21-/m0/s1. The topological polar surface area (TPSA) is 124 Å². The van der Waals surface area contributed by atoms with Crippen LogP contribution in [0.2, 0.25) is 0 Å². The number of carbonyl (C=O) groups is 3. The Morgan fingerprint density at radius 2 is 1.63 bits per heavy atom. The Hall–Kier alpha value is -4.38. The average molecular weight is 539 g/mol. The van der Waals surface area contributed by atoms with Gasteiger partial charge in [0.15, 0.2) is 5.13 Å². The number of amides is 1. The molecule has 1 saturated heterocycles. The number of thiazole rings is 1. The molecule has 0 saturated carbocycles. The van der Waals surface area contributed by atoms with E-state index in [2.05, 4.69) is 4.98 Å². The number of aliphatic hydroxyl groups excluding tert-OH is 1. The van der Waals surface area contributed by atoms with E-state index in [1.165, 1.54) is 28.4 Å². The van der Waals surface area contributed by atoms with E-state index < -0.39 is 23.7 Å². The number of ether oxygens (including phenoxy) is 4. The monoisotopic (exact) mass is 538 g/mol. The van der Waals surface area contributed by atoms with Crippen LogP contribution in [0.15, 0.2) is 42.0 Å². The third kappa shape index (κ3) is 4.45. The Kier molecular flexibility index (Phi) is 7.40. The molecule has 198 valence electrons. The smallest absolute Gasteiger partial charge is 0.350 e. The molecule has 10 nitrogen and oxygen atoms in total. The summed E-state index contributed by atoms with van der Waals surface area (Å²) in [4.78, 5) is 45.1. The van der Waals surface area contributed by atoms with Gasteiger partial charge in [-0.3, -0.25) is 14.5 Å². The number of benzene rings is 2. The fraction of sp³-hybridized carbons (Fsp3) is 0.259. The Bertz CT molecular complexity index is 1480. The summed E-state index contributed by atoms with van der Waals surface area (Å²) in [7, 11) is 5.70. The molecular formula is C27H26N2O8S. The first-order chi connectivity index (χ1) is 18.2. The molecule has 1 atom stereocenters. The second kappa shape index (κ2) is 10.5. The maximum Gasteiger partial charge on any atom is 0.350 e. The summed E-state index contributed by atoms with van der Waals surface area (Å²) in [6, 6.07) is 8.76. The number of Topliss-reactive ketones (excluding diaryl/α,β-unsaturated/α-hetero) is 1. The van der Waals surface area contributed by atoms with Crippen molar-refractivity contribution in [2.75, 3.05) is 33.3 Å². The van der Waals surface area contributed by atoms with Crippen LogP contribution in [0.25, 0.3) is 5.76 Å². The lowest BCUT2D eigenvalue weighted by Crippen LogP contribution is -2.29. The Morgan fingerprint density at radius 1 is 0.974 bits per heavy atom. The number of hydrogen-bond acceptors (Lipinski definition) is 10. The van der Waals surface area contributed by atoms with E-state index in [9.17, 15) is 19.5 Å². The zero-order valence-corrected chi connectivity index (χ0v) is 22.5. The molecule has 1 fully saturated rings. The minimum Gasteiger partial charge on any atom is -0.507 e. The number of anilines is 1. The summed E-state index contributed by atoms with van der Waals surface area (Å²) in [5, 5.41) is 11.6. The maximum absolute atomic E-state index is 13.5. The van der Waals surface area contributed by atoms with E-state index in [-0.39, 0.29) is 21.3 Å². The first-order valence-corrected chi connectivity index (χ1v) is 12.2.